The molecule has 0 spiro atoms. The average molecular weight is 201 g/mol. The molecular weight excluding hydrogens is 190 g/mol. The number of carboxylic acids is 1. The van der Waals surface area contributed by atoms with Gasteiger partial charge in [-0.15, -0.1) is 0 Å². The fourth-order valence-electron chi connectivity index (χ4n) is 1.65. The van der Waals surface area contributed by atoms with Gasteiger partial charge in [-0.05, 0) is 37.6 Å². The first kappa shape index (κ1) is 9.65. The number of aryl methyl sites for hydroxylation is 2. The second-order valence-corrected chi connectivity index (χ2v) is 3.64. The highest BCUT2D eigenvalue weighted by atomic mass is 16.4. The van der Waals surface area contributed by atoms with Crippen LogP contribution in [0.25, 0.3) is 10.9 Å². The fraction of sp³-hybridized carbons (Fsp3) is 0.167. The Kier molecular flexibility index (Phi) is 2.15. The lowest BCUT2D eigenvalue weighted by Gasteiger charge is -2.04. The molecule has 1 aromatic carbocycles. The van der Waals surface area contributed by atoms with Crippen LogP contribution in [0.3, 0.4) is 0 Å². The van der Waals surface area contributed by atoms with Crippen molar-refractivity contribution in [1.29, 1.82) is 0 Å². The van der Waals surface area contributed by atoms with E-state index in [-0.39, 0.29) is 5.56 Å². The highest BCUT2D eigenvalue weighted by Crippen LogP contribution is 2.19. The summed E-state index contributed by atoms with van der Waals surface area (Å²) in [6, 6.07) is 7.37. The molecule has 1 aromatic heterocycles. The first-order chi connectivity index (χ1) is 7.08. The third-order valence-electron chi connectivity index (χ3n) is 2.31. The Hall–Kier alpha value is -1.90. The average Bonchev–Trinajstić information content (AvgIpc) is 2.17. The Balaban J connectivity index is 2.87. The van der Waals surface area contributed by atoms with E-state index in [0.717, 1.165) is 16.6 Å². The van der Waals surface area contributed by atoms with Crippen molar-refractivity contribution in [3.63, 3.8) is 0 Å². The Morgan fingerprint density at radius 1 is 1.27 bits per heavy atom. The molecule has 0 bridgehead atoms. The molecule has 3 nitrogen and oxygen atoms in total. The monoisotopic (exact) mass is 201 g/mol. The minimum Gasteiger partial charge on any atom is -0.478 e. The van der Waals surface area contributed by atoms with Gasteiger partial charge in [0.1, 0.15) is 0 Å². The van der Waals surface area contributed by atoms with E-state index in [9.17, 15) is 4.79 Å². The van der Waals surface area contributed by atoms with Crippen LogP contribution in [-0.4, -0.2) is 16.1 Å². The van der Waals surface area contributed by atoms with E-state index in [4.69, 9.17) is 5.11 Å². The first-order valence-electron chi connectivity index (χ1n) is 4.69. The zero-order valence-corrected chi connectivity index (χ0v) is 8.61. The van der Waals surface area contributed by atoms with Gasteiger partial charge in [0.25, 0.3) is 0 Å². The fourth-order valence-corrected chi connectivity index (χ4v) is 1.65. The van der Waals surface area contributed by atoms with Gasteiger partial charge in [-0.3, -0.25) is 4.98 Å². The van der Waals surface area contributed by atoms with Crippen LogP contribution in [0.2, 0.25) is 0 Å². The lowest BCUT2D eigenvalue weighted by Crippen LogP contribution is -2.00. The SMILES string of the molecule is Cc1cc(C(=O)O)c2nc(C)ccc2c1. The molecule has 2 rings (SSSR count). The van der Waals surface area contributed by atoms with Gasteiger partial charge in [-0.2, -0.15) is 0 Å². The topological polar surface area (TPSA) is 50.2 Å². The molecule has 0 radical (unpaired) electrons. The zero-order chi connectivity index (χ0) is 11.0. The van der Waals surface area contributed by atoms with Crippen LogP contribution >= 0.6 is 0 Å². The van der Waals surface area contributed by atoms with Crippen LogP contribution in [0.1, 0.15) is 21.6 Å². The normalized spacial score (nSPS) is 10.5. The van der Waals surface area contributed by atoms with E-state index in [1.54, 1.807) is 6.07 Å². The highest BCUT2D eigenvalue weighted by Gasteiger charge is 2.10. The Morgan fingerprint density at radius 3 is 2.67 bits per heavy atom. The molecule has 15 heavy (non-hydrogen) atoms. The van der Waals surface area contributed by atoms with Crippen LogP contribution in [-0.2, 0) is 0 Å². The van der Waals surface area contributed by atoms with E-state index >= 15 is 0 Å². The summed E-state index contributed by atoms with van der Waals surface area (Å²) in [7, 11) is 0. The number of hydrogen-bond acceptors (Lipinski definition) is 2. The summed E-state index contributed by atoms with van der Waals surface area (Å²) in [4.78, 5) is 15.3. The number of carbonyl (C=O) groups is 1. The molecule has 3 heteroatoms. The lowest BCUT2D eigenvalue weighted by molar-refractivity contribution is 0.0698. The van der Waals surface area contributed by atoms with Crippen molar-refractivity contribution >= 4 is 16.9 Å². The molecular formula is C12H11NO2. The summed E-state index contributed by atoms with van der Waals surface area (Å²) in [6.07, 6.45) is 0. The molecule has 2 aromatic rings. The van der Waals surface area contributed by atoms with Crippen LogP contribution in [0, 0.1) is 13.8 Å². The Labute approximate surface area is 87.4 Å². The van der Waals surface area contributed by atoms with Gasteiger partial charge in [0, 0.05) is 11.1 Å². The number of aromatic carboxylic acids is 1. The molecule has 0 aliphatic carbocycles. The number of benzene rings is 1. The summed E-state index contributed by atoms with van der Waals surface area (Å²) in [5, 5.41) is 9.93. The summed E-state index contributed by atoms with van der Waals surface area (Å²) >= 11 is 0. The van der Waals surface area contributed by atoms with Crippen LogP contribution in [0.5, 0.6) is 0 Å². The number of aromatic nitrogens is 1. The number of hydrogen-bond donors (Lipinski definition) is 1. The van der Waals surface area contributed by atoms with Crippen molar-refractivity contribution in [2.75, 3.05) is 0 Å². The molecule has 0 fully saturated rings. The van der Waals surface area contributed by atoms with Gasteiger partial charge in [0.15, 0.2) is 0 Å². The minimum absolute atomic E-state index is 0.272. The standard InChI is InChI=1S/C12H11NO2/c1-7-5-9-4-3-8(2)13-11(9)10(6-7)12(14)15/h3-6H,1-2H3,(H,14,15). The maximum absolute atomic E-state index is 11.0. The number of nitrogens with zero attached hydrogens (tertiary/aromatic N) is 1. The van der Waals surface area contributed by atoms with Crippen molar-refractivity contribution in [2.24, 2.45) is 0 Å². The highest BCUT2D eigenvalue weighted by molar-refractivity contribution is 6.02. The molecule has 0 unspecified atom stereocenters. The summed E-state index contributed by atoms with van der Waals surface area (Å²) in [5.74, 6) is -0.929. The van der Waals surface area contributed by atoms with Gasteiger partial charge < -0.3 is 5.11 Å². The quantitative estimate of drug-likeness (QED) is 0.771. The van der Waals surface area contributed by atoms with E-state index in [2.05, 4.69) is 4.98 Å². The van der Waals surface area contributed by atoms with Crippen molar-refractivity contribution in [2.45, 2.75) is 13.8 Å². The van der Waals surface area contributed by atoms with Crippen molar-refractivity contribution in [3.8, 4) is 0 Å². The Bertz CT molecular complexity index is 547. The largest absolute Gasteiger partial charge is 0.478 e. The van der Waals surface area contributed by atoms with E-state index < -0.39 is 5.97 Å². The van der Waals surface area contributed by atoms with Crippen LogP contribution < -0.4 is 0 Å². The summed E-state index contributed by atoms with van der Waals surface area (Å²) in [6.45, 7) is 3.73. The van der Waals surface area contributed by atoms with E-state index in [1.165, 1.54) is 0 Å². The number of carboxylic acid groups (broad SMARTS) is 1. The zero-order valence-electron chi connectivity index (χ0n) is 8.61. The lowest BCUT2D eigenvalue weighted by atomic mass is 10.1. The molecule has 1 heterocycles. The van der Waals surface area contributed by atoms with Gasteiger partial charge in [-0.25, -0.2) is 4.79 Å². The van der Waals surface area contributed by atoms with Gasteiger partial charge in [-0.1, -0.05) is 6.07 Å². The van der Waals surface area contributed by atoms with Crippen molar-refractivity contribution < 1.29 is 9.90 Å². The molecule has 0 aliphatic heterocycles. The number of pyridine rings is 1. The predicted octanol–water partition coefficient (Wildman–Crippen LogP) is 2.55. The second kappa shape index (κ2) is 3.35. The molecule has 76 valence electrons. The second-order valence-electron chi connectivity index (χ2n) is 3.64. The summed E-state index contributed by atoms with van der Waals surface area (Å²) < 4.78 is 0. The van der Waals surface area contributed by atoms with Gasteiger partial charge in [0.2, 0.25) is 0 Å². The van der Waals surface area contributed by atoms with Crippen LogP contribution in [0.15, 0.2) is 24.3 Å². The van der Waals surface area contributed by atoms with Gasteiger partial charge in [0.05, 0.1) is 11.1 Å². The van der Waals surface area contributed by atoms with E-state index in [0.29, 0.717) is 5.52 Å². The summed E-state index contributed by atoms with van der Waals surface area (Å²) in [5.41, 5.74) is 2.60. The van der Waals surface area contributed by atoms with Crippen LogP contribution in [0.4, 0.5) is 0 Å². The molecule has 0 aliphatic rings. The molecule has 0 saturated carbocycles. The maximum Gasteiger partial charge on any atom is 0.337 e. The molecule has 0 saturated heterocycles. The third-order valence-corrected chi connectivity index (χ3v) is 2.31. The van der Waals surface area contributed by atoms with Crippen molar-refractivity contribution in [3.05, 3.63) is 41.1 Å². The number of fused-ring (bicyclic) bond motifs is 1. The number of rotatable bonds is 1. The molecule has 1 N–H and O–H groups in total. The minimum atomic E-state index is -0.929. The molecule has 0 atom stereocenters. The molecule has 0 amide bonds. The van der Waals surface area contributed by atoms with Crippen molar-refractivity contribution in [1.82, 2.24) is 4.98 Å². The smallest absolute Gasteiger partial charge is 0.337 e. The predicted molar refractivity (Wildman–Crippen MR) is 58.2 cm³/mol. The maximum atomic E-state index is 11.0. The van der Waals surface area contributed by atoms with E-state index in [1.807, 2.05) is 32.0 Å². The third kappa shape index (κ3) is 1.68. The Morgan fingerprint density at radius 2 is 2.00 bits per heavy atom. The van der Waals surface area contributed by atoms with Gasteiger partial charge >= 0.3 is 5.97 Å². The first-order valence-corrected chi connectivity index (χ1v) is 4.69.